The summed E-state index contributed by atoms with van der Waals surface area (Å²) in [6.45, 7) is -0.356. The van der Waals surface area contributed by atoms with Crippen molar-refractivity contribution in [2.45, 2.75) is 43.2 Å². The molecule has 1 saturated carbocycles. The number of urea groups is 1. The van der Waals surface area contributed by atoms with Crippen molar-refractivity contribution in [1.29, 1.82) is 0 Å². The second-order valence-corrected chi connectivity index (χ2v) is 13.1. The number of aromatic hydroxyl groups is 3. The largest absolute Gasteiger partial charge is 0.508 e. The molecule has 1 aliphatic rings. The Morgan fingerprint density at radius 2 is 1.56 bits per heavy atom. The zero-order chi connectivity index (χ0) is 38.6. The third-order valence-electron chi connectivity index (χ3n) is 9.39. The highest BCUT2D eigenvalue weighted by atomic mass is 16.3. The third-order valence-corrected chi connectivity index (χ3v) is 9.39. The quantitative estimate of drug-likeness (QED) is 0.0857. The number of rotatable bonds is 12. The molecule has 0 saturated heterocycles. The number of aliphatic hydroxyl groups is 3. The molecule has 3 amide bonds. The summed E-state index contributed by atoms with van der Waals surface area (Å²) in [7, 11) is 0. The van der Waals surface area contributed by atoms with Crippen LogP contribution < -0.4 is 21.3 Å². The molecular formula is C37H38N10O8. The second-order valence-electron chi connectivity index (χ2n) is 13.1. The molecule has 18 nitrogen and oxygen atoms in total. The maximum atomic E-state index is 12.7. The van der Waals surface area contributed by atoms with Crippen LogP contribution in [0.4, 0.5) is 16.4 Å². The number of nitrogens with one attached hydrogen (secondary N) is 4. The summed E-state index contributed by atoms with van der Waals surface area (Å²) in [4.78, 5) is 43.0. The molecular weight excluding hydrogens is 712 g/mol. The average Bonchev–Trinajstić information content (AvgIpc) is 3.90. The minimum absolute atomic E-state index is 0.0775. The second kappa shape index (κ2) is 15.7. The molecule has 1 aliphatic carbocycles. The molecule has 3 heterocycles. The van der Waals surface area contributed by atoms with E-state index in [9.17, 15) is 40.2 Å². The monoisotopic (exact) mass is 750 g/mol. The van der Waals surface area contributed by atoms with Crippen molar-refractivity contribution in [3.8, 4) is 23.2 Å². The zero-order valence-corrected chi connectivity index (χ0v) is 29.1. The van der Waals surface area contributed by atoms with Gasteiger partial charge in [-0.05, 0) is 59.5 Å². The lowest BCUT2D eigenvalue weighted by Crippen LogP contribution is -2.44. The van der Waals surface area contributed by atoms with Crippen LogP contribution in [-0.2, 0) is 11.3 Å². The summed E-state index contributed by atoms with van der Waals surface area (Å²) in [6.07, 6.45) is 1.80. The lowest BCUT2D eigenvalue weighted by molar-refractivity contribution is -0.125. The number of imidazole rings is 2. The predicted molar refractivity (Wildman–Crippen MR) is 198 cm³/mol. The Kier molecular flexibility index (Phi) is 10.4. The van der Waals surface area contributed by atoms with Crippen LogP contribution in [-0.4, -0.2) is 103 Å². The molecule has 18 heteroatoms. The third kappa shape index (κ3) is 8.10. The van der Waals surface area contributed by atoms with Gasteiger partial charge in [0.05, 0.1) is 24.6 Å². The lowest BCUT2D eigenvalue weighted by atomic mass is 9.91. The van der Waals surface area contributed by atoms with Gasteiger partial charge in [-0.15, -0.1) is 0 Å². The summed E-state index contributed by atoms with van der Waals surface area (Å²) < 4.78 is 3.07. The van der Waals surface area contributed by atoms with Crippen molar-refractivity contribution in [2.24, 2.45) is 0 Å². The SMILES string of the molecule is O=C(CO)N[C@H]1C[C@@H](n2cnc3c(NCC(c4ccc(O)cc4)c4ccc(O)cc4)nc(-n4cnc(NC(=O)NCc5cccc(O)c5)c4)nc32)[C@H](O)[C@@H]1O. The summed E-state index contributed by atoms with van der Waals surface area (Å²) in [6, 6.07) is 17.8. The first-order chi connectivity index (χ1) is 26.6. The molecule has 0 radical (unpaired) electrons. The van der Waals surface area contributed by atoms with Gasteiger partial charge in [-0.25, -0.2) is 14.8 Å². The number of phenolic OH excluding ortho intramolecular Hbond substituents is 3. The number of benzene rings is 3. The normalized spacial score (nSPS) is 18.0. The number of fused-ring (bicyclic) bond motifs is 1. The molecule has 1 fully saturated rings. The fraction of sp³-hybridized carbons (Fsp3) is 0.243. The number of hydrogen-bond acceptors (Lipinski definition) is 13. The van der Waals surface area contributed by atoms with Crippen LogP contribution in [0, 0.1) is 0 Å². The maximum Gasteiger partial charge on any atom is 0.320 e. The lowest BCUT2D eigenvalue weighted by Gasteiger charge is -2.20. The number of carbonyl (C=O) groups is 2. The van der Waals surface area contributed by atoms with E-state index in [-0.39, 0.29) is 60.1 Å². The van der Waals surface area contributed by atoms with Crippen LogP contribution in [0.5, 0.6) is 17.2 Å². The first-order valence-corrected chi connectivity index (χ1v) is 17.3. The molecule has 3 aromatic carbocycles. The van der Waals surface area contributed by atoms with E-state index in [2.05, 4.69) is 31.2 Å². The van der Waals surface area contributed by atoms with Gasteiger partial charge >= 0.3 is 6.03 Å². The maximum absolute atomic E-state index is 12.7. The minimum atomic E-state index is -1.34. The Balaban J connectivity index is 1.21. The van der Waals surface area contributed by atoms with Gasteiger partial charge < -0.3 is 51.2 Å². The Bertz CT molecular complexity index is 2250. The zero-order valence-electron chi connectivity index (χ0n) is 29.1. The molecule has 0 unspecified atom stereocenters. The molecule has 7 rings (SSSR count). The van der Waals surface area contributed by atoms with E-state index in [1.54, 1.807) is 65.2 Å². The smallest absolute Gasteiger partial charge is 0.320 e. The molecule has 6 aromatic rings. The van der Waals surface area contributed by atoms with E-state index < -0.39 is 42.8 Å². The molecule has 284 valence electrons. The van der Waals surface area contributed by atoms with Crippen LogP contribution in [0.1, 0.15) is 35.1 Å². The fourth-order valence-corrected chi connectivity index (χ4v) is 6.61. The number of hydrogen-bond donors (Lipinski definition) is 10. The molecule has 0 bridgehead atoms. The van der Waals surface area contributed by atoms with Crippen molar-refractivity contribution >= 4 is 34.7 Å². The van der Waals surface area contributed by atoms with Crippen LogP contribution in [0.15, 0.2) is 91.6 Å². The van der Waals surface area contributed by atoms with E-state index in [0.29, 0.717) is 16.9 Å². The fourth-order valence-electron chi connectivity index (χ4n) is 6.61. The van der Waals surface area contributed by atoms with Crippen LogP contribution in [0.2, 0.25) is 0 Å². The topological polar surface area (TPSA) is 265 Å². The molecule has 4 atom stereocenters. The Hall–Kier alpha value is -6.76. The van der Waals surface area contributed by atoms with Gasteiger partial charge in [-0.1, -0.05) is 36.4 Å². The standard InChI is InChI=1S/C37H38N10O8/c48-17-30(52)42-27-13-28(33(54)32(27)53)47-19-41-31-34(38-15-26(21-4-8-23(49)9-5-21)22-6-10-24(50)11-7-22)44-36(45-35(31)47)46-16-29(40-18-46)43-37(55)39-14-20-2-1-3-25(51)12-20/h1-12,16,18-19,26-28,32-33,48-51,53-54H,13-15,17H2,(H,42,52)(H,38,44,45)(H2,39,43,55)/t27-,28+,32+,33-/m0/s1. The summed E-state index contributed by atoms with van der Waals surface area (Å²) in [5.41, 5.74) is 3.01. The van der Waals surface area contributed by atoms with E-state index >= 15 is 0 Å². The number of amides is 3. The number of aromatic nitrogens is 6. The molecule has 10 N–H and O–H groups in total. The summed E-state index contributed by atoms with van der Waals surface area (Å²) >= 11 is 0. The van der Waals surface area contributed by atoms with Crippen molar-refractivity contribution in [3.63, 3.8) is 0 Å². The van der Waals surface area contributed by atoms with Crippen molar-refractivity contribution < 1.29 is 40.2 Å². The van der Waals surface area contributed by atoms with Crippen molar-refractivity contribution in [2.75, 3.05) is 23.8 Å². The van der Waals surface area contributed by atoms with Crippen molar-refractivity contribution in [3.05, 3.63) is 108 Å². The number of nitrogens with zero attached hydrogens (tertiary/aromatic N) is 6. The van der Waals surface area contributed by atoms with Crippen molar-refractivity contribution in [1.82, 2.24) is 39.7 Å². The number of anilines is 2. The summed E-state index contributed by atoms with van der Waals surface area (Å²) in [5.74, 6) is -0.109. The molecule has 55 heavy (non-hydrogen) atoms. The van der Waals surface area contributed by atoms with E-state index in [0.717, 1.165) is 11.1 Å². The van der Waals surface area contributed by atoms with E-state index in [4.69, 9.17) is 9.97 Å². The summed E-state index contributed by atoms with van der Waals surface area (Å²) in [5, 5.41) is 72.1. The van der Waals surface area contributed by atoms with Crippen LogP contribution in [0.3, 0.4) is 0 Å². The molecule has 3 aromatic heterocycles. The van der Waals surface area contributed by atoms with E-state index in [1.807, 2.05) is 0 Å². The first-order valence-electron chi connectivity index (χ1n) is 17.3. The Labute approximate surface area is 312 Å². The molecule has 0 aliphatic heterocycles. The van der Waals surface area contributed by atoms with E-state index in [1.165, 1.54) is 35.6 Å². The Morgan fingerprint density at radius 3 is 2.24 bits per heavy atom. The van der Waals surface area contributed by atoms with Gasteiger partial charge in [0.2, 0.25) is 11.9 Å². The van der Waals surface area contributed by atoms with Gasteiger partial charge in [-0.3, -0.25) is 14.7 Å². The number of phenols is 3. The van der Waals surface area contributed by atoms with Gasteiger partial charge in [0.1, 0.15) is 42.4 Å². The minimum Gasteiger partial charge on any atom is -0.508 e. The number of carbonyl (C=O) groups excluding carboxylic acids is 2. The Morgan fingerprint density at radius 1 is 0.855 bits per heavy atom. The van der Waals surface area contributed by atoms with Gasteiger partial charge in [-0.2, -0.15) is 9.97 Å². The highest BCUT2D eigenvalue weighted by Crippen LogP contribution is 2.35. The average molecular weight is 751 g/mol. The van der Waals surface area contributed by atoms with Gasteiger partial charge in [0, 0.05) is 19.0 Å². The highest BCUT2D eigenvalue weighted by molar-refractivity contribution is 5.88. The van der Waals surface area contributed by atoms with Crippen LogP contribution in [0.25, 0.3) is 17.1 Å². The predicted octanol–water partition coefficient (Wildman–Crippen LogP) is 1.84. The number of aliphatic hydroxyl groups excluding tert-OH is 3. The first kappa shape index (κ1) is 36.6. The van der Waals surface area contributed by atoms with Crippen LogP contribution >= 0.6 is 0 Å². The highest BCUT2D eigenvalue weighted by Gasteiger charge is 2.44. The van der Waals surface area contributed by atoms with Gasteiger partial charge in [0.15, 0.2) is 22.8 Å². The van der Waals surface area contributed by atoms with Gasteiger partial charge in [0.25, 0.3) is 0 Å². The molecule has 0 spiro atoms.